The molecular formula is C16H28N4. The molecular weight excluding hydrogens is 248 g/mol. The van der Waals surface area contributed by atoms with E-state index in [1.165, 1.54) is 32.1 Å². The van der Waals surface area contributed by atoms with Gasteiger partial charge in [-0.15, -0.1) is 0 Å². The molecule has 3 N–H and O–H groups in total. The number of nitrogens with two attached hydrogens (primary N) is 1. The van der Waals surface area contributed by atoms with Crippen molar-refractivity contribution in [3.05, 3.63) is 17.6 Å². The molecule has 4 nitrogen and oxygen atoms in total. The first kappa shape index (κ1) is 15.2. The third-order valence-electron chi connectivity index (χ3n) is 4.39. The lowest BCUT2D eigenvalue weighted by atomic mass is 9.79. The van der Waals surface area contributed by atoms with Gasteiger partial charge in [-0.1, -0.05) is 47.0 Å². The number of hydrogen-bond acceptors (Lipinski definition) is 4. The first-order valence-electron chi connectivity index (χ1n) is 7.80. The molecule has 0 aliphatic heterocycles. The topological polar surface area (TPSA) is 63.8 Å². The van der Waals surface area contributed by atoms with Crippen molar-refractivity contribution in [3.8, 4) is 0 Å². The molecule has 20 heavy (non-hydrogen) atoms. The number of nitrogens with one attached hydrogen (secondary N) is 1. The molecule has 0 aromatic carbocycles. The lowest BCUT2D eigenvalue weighted by Gasteiger charge is -2.28. The van der Waals surface area contributed by atoms with Gasteiger partial charge in [0.15, 0.2) is 0 Å². The molecule has 1 aromatic rings. The van der Waals surface area contributed by atoms with Crippen molar-refractivity contribution in [2.75, 3.05) is 5.43 Å². The van der Waals surface area contributed by atoms with Crippen LogP contribution in [-0.2, 0) is 5.41 Å². The van der Waals surface area contributed by atoms with E-state index in [4.69, 9.17) is 10.8 Å². The first-order chi connectivity index (χ1) is 9.44. The van der Waals surface area contributed by atoms with Crippen molar-refractivity contribution in [2.45, 2.75) is 71.1 Å². The molecule has 2 rings (SSSR count). The first-order valence-corrected chi connectivity index (χ1v) is 7.80. The zero-order valence-electron chi connectivity index (χ0n) is 13.2. The Bertz CT molecular complexity index is 450. The van der Waals surface area contributed by atoms with E-state index < -0.39 is 0 Å². The Hall–Kier alpha value is -1.16. The van der Waals surface area contributed by atoms with Gasteiger partial charge in [-0.3, -0.25) is 0 Å². The fraction of sp³-hybridized carbons (Fsp3) is 0.750. The Morgan fingerprint density at radius 1 is 1.30 bits per heavy atom. The zero-order valence-corrected chi connectivity index (χ0v) is 13.2. The average molecular weight is 276 g/mol. The van der Waals surface area contributed by atoms with Gasteiger partial charge in [0.05, 0.1) is 5.69 Å². The maximum atomic E-state index is 5.57. The SMILES string of the molecule is CCC1CCCC(c2nc(NN)cc(C(C)(C)C)n2)C1. The van der Waals surface area contributed by atoms with Crippen LogP contribution in [0.25, 0.3) is 0 Å². The summed E-state index contributed by atoms with van der Waals surface area (Å²) in [5.74, 6) is 8.60. The van der Waals surface area contributed by atoms with Gasteiger partial charge in [0.25, 0.3) is 0 Å². The summed E-state index contributed by atoms with van der Waals surface area (Å²) in [4.78, 5) is 9.45. The van der Waals surface area contributed by atoms with Crippen molar-refractivity contribution in [1.29, 1.82) is 0 Å². The number of rotatable bonds is 3. The minimum absolute atomic E-state index is 0.0160. The van der Waals surface area contributed by atoms with Crippen LogP contribution in [0.5, 0.6) is 0 Å². The molecule has 112 valence electrons. The molecule has 1 aliphatic rings. The maximum absolute atomic E-state index is 5.57. The minimum atomic E-state index is 0.0160. The zero-order chi connectivity index (χ0) is 14.8. The van der Waals surface area contributed by atoms with E-state index in [-0.39, 0.29) is 5.41 Å². The molecule has 0 amide bonds. The minimum Gasteiger partial charge on any atom is -0.308 e. The summed E-state index contributed by atoms with van der Waals surface area (Å²) >= 11 is 0. The molecule has 0 radical (unpaired) electrons. The van der Waals surface area contributed by atoms with Crippen LogP contribution < -0.4 is 11.3 Å². The van der Waals surface area contributed by atoms with Crippen molar-refractivity contribution < 1.29 is 0 Å². The van der Waals surface area contributed by atoms with Gasteiger partial charge in [0.2, 0.25) is 0 Å². The van der Waals surface area contributed by atoms with Crippen LogP contribution in [0.2, 0.25) is 0 Å². The summed E-state index contributed by atoms with van der Waals surface area (Å²) in [6, 6.07) is 1.96. The highest BCUT2D eigenvalue weighted by atomic mass is 15.3. The smallest absolute Gasteiger partial charge is 0.143 e. The van der Waals surface area contributed by atoms with Gasteiger partial charge in [0, 0.05) is 17.4 Å². The van der Waals surface area contributed by atoms with Crippen LogP contribution in [0.1, 0.15) is 77.2 Å². The molecule has 1 heterocycles. The average Bonchev–Trinajstić information content (AvgIpc) is 2.46. The van der Waals surface area contributed by atoms with Crippen LogP contribution >= 0.6 is 0 Å². The fourth-order valence-corrected chi connectivity index (χ4v) is 3.00. The summed E-state index contributed by atoms with van der Waals surface area (Å²) in [6.45, 7) is 8.81. The Labute approximate surface area is 122 Å². The summed E-state index contributed by atoms with van der Waals surface area (Å²) < 4.78 is 0. The van der Waals surface area contributed by atoms with Crippen molar-refractivity contribution in [2.24, 2.45) is 11.8 Å². The van der Waals surface area contributed by atoms with Gasteiger partial charge in [0.1, 0.15) is 11.6 Å². The van der Waals surface area contributed by atoms with Crippen LogP contribution in [0.15, 0.2) is 6.07 Å². The fourth-order valence-electron chi connectivity index (χ4n) is 3.00. The van der Waals surface area contributed by atoms with Crippen LogP contribution in [-0.4, -0.2) is 9.97 Å². The van der Waals surface area contributed by atoms with E-state index in [2.05, 4.69) is 38.1 Å². The Morgan fingerprint density at radius 3 is 2.65 bits per heavy atom. The van der Waals surface area contributed by atoms with Gasteiger partial charge in [-0.2, -0.15) is 0 Å². The molecule has 2 unspecified atom stereocenters. The van der Waals surface area contributed by atoms with Crippen molar-refractivity contribution in [3.63, 3.8) is 0 Å². The van der Waals surface area contributed by atoms with E-state index >= 15 is 0 Å². The lowest BCUT2D eigenvalue weighted by Crippen LogP contribution is -2.22. The molecule has 0 saturated heterocycles. The van der Waals surface area contributed by atoms with Crippen LogP contribution in [0, 0.1) is 5.92 Å². The van der Waals surface area contributed by atoms with E-state index in [1.807, 2.05) is 6.07 Å². The lowest BCUT2D eigenvalue weighted by molar-refractivity contribution is 0.306. The van der Waals surface area contributed by atoms with Crippen molar-refractivity contribution >= 4 is 5.82 Å². The highest BCUT2D eigenvalue weighted by molar-refractivity contribution is 5.37. The molecule has 0 bridgehead atoms. The predicted molar refractivity (Wildman–Crippen MR) is 83.5 cm³/mol. The highest BCUT2D eigenvalue weighted by Crippen LogP contribution is 2.37. The third kappa shape index (κ3) is 3.48. The van der Waals surface area contributed by atoms with E-state index in [0.717, 1.165) is 23.3 Å². The number of anilines is 1. The van der Waals surface area contributed by atoms with Crippen LogP contribution in [0.4, 0.5) is 5.82 Å². The normalized spacial score (nSPS) is 23.6. The number of nitrogen functional groups attached to an aromatic ring is 1. The van der Waals surface area contributed by atoms with Gasteiger partial charge in [-0.05, 0) is 18.8 Å². The van der Waals surface area contributed by atoms with Gasteiger partial charge >= 0.3 is 0 Å². The van der Waals surface area contributed by atoms with Crippen LogP contribution in [0.3, 0.4) is 0 Å². The second kappa shape index (κ2) is 6.08. The second-order valence-corrected chi connectivity index (χ2v) is 7.03. The number of hydrazine groups is 1. The largest absolute Gasteiger partial charge is 0.308 e. The quantitative estimate of drug-likeness (QED) is 0.652. The molecule has 1 saturated carbocycles. The third-order valence-corrected chi connectivity index (χ3v) is 4.39. The monoisotopic (exact) mass is 276 g/mol. The molecule has 1 aromatic heterocycles. The highest BCUT2D eigenvalue weighted by Gasteiger charge is 2.26. The Balaban J connectivity index is 2.30. The van der Waals surface area contributed by atoms with E-state index in [9.17, 15) is 0 Å². The molecule has 1 aliphatic carbocycles. The van der Waals surface area contributed by atoms with Crippen molar-refractivity contribution in [1.82, 2.24) is 9.97 Å². The van der Waals surface area contributed by atoms with Gasteiger partial charge < -0.3 is 5.43 Å². The summed E-state index contributed by atoms with van der Waals surface area (Å²) in [7, 11) is 0. The molecule has 2 atom stereocenters. The maximum Gasteiger partial charge on any atom is 0.143 e. The van der Waals surface area contributed by atoms with Gasteiger partial charge in [-0.25, -0.2) is 15.8 Å². The molecule has 4 heteroatoms. The second-order valence-electron chi connectivity index (χ2n) is 7.03. The number of aromatic nitrogens is 2. The number of nitrogens with zero attached hydrogens (tertiary/aromatic N) is 2. The molecule has 1 fully saturated rings. The predicted octanol–water partition coefficient (Wildman–Crippen LogP) is 3.74. The standard InChI is InChI=1S/C16H28N4/c1-5-11-7-6-8-12(9-11)15-18-13(16(2,3)4)10-14(19-15)20-17/h10-12H,5-9,17H2,1-4H3,(H,18,19,20). The van der Waals surface area contributed by atoms with E-state index in [1.54, 1.807) is 0 Å². The summed E-state index contributed by atoms with van der Waals surface area (Å²) in [6.07, 6.45) is 6.32. The Kier molecular flexibility index (Phi) is 4.63. The molecule has 0 spiro atoms. The Morgan fingerprint density at radius 2 is 2.05 bits per heavy atom. The summed E-state index contributed by atoms with van der Waals surface area (Å²) in [5, 5.41) is 0. The number of hydrogen-bond donors (Lipinski definition) is 2. The summed E-state index contributed by atoms with van der Waals surface area (Å²) in [5.41, 5.74) is 3.77. The van der Waals surface area contributed by atoms with E-state index in [0.29, 0.717) is 5.92 Å².